The molecule has 1 aliphatic heterocycles. The van der Waals surface area contributed by atoms with Gasteiger partial charge in [0.15, 0.2) is 0 Å². The molecule has 3 aromatic rings. The van der Waals surface area contributed by atoms with Gasteiger partial charge in [-0.2, -0.15) is 0 Å². The zero-order valence-corrected chi connectivity index (χ0v) is 24.8. The molecule has 0 unspecified atom stereocenters. The van der Waals surface area contributed by atoms with Crippen molar-refractivity contribution in [1.29, 1.82) is 0 Å². The lowest BCUT2D eigenvalue weighted by Crippen LogP contribution is -2.46. The Morgan fingerprint density at radius 2 is 1.61 bits per heavy atom. The molecule has 3 amide bonds. The summed E-state index contributed by atoms with van der Waals surface area (Å²) in [6.45, 7) is 7.57. The van der Waals surface area contributed by atoms with Crippen LogP contribution in [-0.2, 0) is 16.1 Å². The highest BCUT2D eigenvalue weighted by Gasteiger charge is 2.44. The van der Waals surface area contributed by atoms with Crippen molar-refractivity contribution in [2.45, 2.75) is 33.7 Å². The van der Waals surface area contributed by atoms with E-state index in [-0.39, 0.29) is 17.7 Å². The van der Waals surface area contributed by atoms with E-state index in [0.29, 0.717) is 55.3 Å². The van der Waals surface area contributed by atoms with E-state index >= 15 is 0 Å². The minimum absolute atomic E-state index is 0.0191. The Hall–Kier alpha value is -4.40. The molecular formula is C32H39N5O4. The summed E-state index contributed by atoms with van der Waals surface area (Å²) in [4.78, 5) is 50.2. The van der Waals surface area contributed by atoms with Gasteiger partial charge in [0.2, 0.25) is 11.8 Å². The van der Waals surface area contributed by atoms with E-state index in [9.17, 15) is 14.4 Å². The number of pyridine rings is 1. The van der Waals surface area contributed by atoms with Crippen molar-refractivity contribution in [1.82, 2.24) is 9.88 Å². The minimum atomic E-state index is -1.16. The first kappa shape index (κ1) is 29.6. The Balaban J connectivity index is 1.51. The molecule has 0 radical (unpaired) electrons. The number of carbonyl (C=O) groups is 3. The number of aromatic nitrogens is 1. The van der Waals surface area contributed by atoms with Gasteiger partial charge in [-0.15, -0.1) is 0 Å². The molecule has 0 saturated carbocycles. The van der Waals surface area contributed by atoms with Crippen molar-refractivity contribution in [2.24, 2.45) is 5.41 Å². The maximum absolute atomic E-state index is 13.2. The van der Waals surface area contributed by atoms with Gasteiger partial charge in [-0.3, -0.25) is 19.4 Å². The predicted molar refractivity (Wildman–Crippen MR) is 162 cm³/mol. The minimum Gasteiger partial charge on any atom is -0.493 e. The van der Waals surface area contributed by atoms with Crippen LogP contribution in [0.1, 0.15) is 43.1 Å². The Bertz CT molecular complexity index is 1410. The number of benzene rings is 2. The van der Waals surface area contributed by atoms with E-state index in [0.717, 1.165) is 11.3 Å². The van der Waals surface area contributed by atoms with Crippen LogP contribution in [0.5, 0.6) is 5.75 Å². The highest BCUT2D eigenvalue weighted by Crippen LogP contribution is 2.39. The van der Waals surface area contributed by atoms with Gasteiger partial charge >= 0.3 is 0 Å². The first-order valence-corrected chi connectivity index (χ1v) is 13.9. The number of carbonyl (C=O) groups excluding carboxylic acids is 3. The third-order valence-corrected chi connectivity index (χ3v) is 7.61. The van der Waals surface area contributed by atoms with Crippen LogP contribution in [0.3, 0.4) is 0 Å². The maximum Gasteiger partial charge on any atom is 0.255 e. The van der Waals surface area contributed by atoms with E-state index < -0.39 is 5.41 Å². The topological polar surface area (TPSA) is 86.3 Å². The van der Waals surface area contributed by atoms with Gasteiger partial charge in [0.25, 0.3) is 5.91 Å². The van der Waals surface area contributed by atoms with Gasteiger partial charge in [-0.25, -0.2) is 0 Å². The number of fused-ring (bicyclic) bond motifs is 1. The number of rotatable bonds is 10. The van der Waals surface area contributed by atoms with Crippen molar-refractivity contribution in [2.75, 3.05) is 55.5 Å². The van der Waals surface area contributed by atoms with E-state index in [4.69, 9.17) is 4.74 Å². The van der Waals surface area contributed by atoms with Crippen molar-refractivity contribution in [3.05, 3.63) is 78.1 Å². The summed E-state index contributed by atoms with van der Waals surface area (Å²) in [5.41, 5.74) is 2.74. The zero-order chi connectivity index (χ0) is 29.7. The van der Waals surface area contributed by atoms with Crippen LogP contribution in [0.4, 0.5) is 17.1 Å². The average Bonchev–Trinajstić information content (AvgIpc) is 3.04. The van der Waals surface area contributed by atoms with Crippen LogP contribution in [-0.4, -0.2) is 68.4 Å². The number of amides is 3. The Kier molecular flexibility index (Phi) is 8.95. The summed E-state index contributed by atoms with van der Waals surface area (Å²) in [5, 5.41) is 0. The van der Waals surface area contributed by atoms with Crippen molar-refractivity contribution < 1.29 is 19.1 Å². The number of nitrogens with zero attached hydrogens (tertiary/aromatic N) is 5. The van der Waals surface area contributed by atoms with Crippen molar-refractivity contribution in [3.63, 3.8) is 0 Å². The lowest BCUT2D eigenvalue weighted by molar-refractivity contribution is -0.137. The molecule has 0 bridgehead atoms. The van der Waals surface area contributed by atoms with Crippen LogP contribution in [0.2, 0.25) is 0 Å². The van der Waals surface area contributed by atoms with E-state index in [1.807, 2.05) is 61.5 Å². The van der Waals surface area contributed by atoms with Gasteiger partial charge in [0.05, 0.1) is 23.5 Å². The fraction of sp³-hybridized carbons (Fsp3) is 0.375. The molecule has 2 aromatic carbocycles. The summed E-state index contributed by atoms with van der Waals surface area (Å²) in [5.74, 6) is 0.0815. The number of ether oxygens (including phenoxy) is 1. The number of para-hydroxylation sites is 1. The van der Waals surface area contributed by atoms with Crippen LogP contribution >= 0.6 is 0 Å². The molecular weight excluding hydrogens is 518 g/mol. The molecule has 9 heteroatoms. The van der Waals surface area contributed by atoms with Crippen LogP contribution < -0.4 is 19.4 Å². The highest BCUT2D eigenvalue weighted by atomic mass is 16.5. The van der Waals surface area contributed by atoms with E-state index in [1.54, 1.807) is 52.3 Å². The fourth-order valence-electron chi connectivity index (χ4n) is 5.01. The fourth-order valence-corrected chi connectivity index (χ4v) is 5.01. The lowest BCUT2D eigenvalue weighted by atomic mass is 9.90. The van der Waals surface area contributed by atoms with Crippen molar-refractivity contribution in [3.8, 4) is 5.75 Å². The number of anilines is 3. The van der Waals surface area contributed by atoms with E-state index in [2.05, 4.69) is 9.88 Å². The quantitative estimate of drug-likeness (QED) is 0.267. The van der Waals surface area contributed by atoms with Gasteiger partial charge in [-0.05, 0) is 69.2 Å². The summed E-state index contributed by atoms with van der Waals surface area (Å²) in [7, 11) is 5.18. The van der Waals surface area contributed by atoms with Gasteiger partial charge < -0.3 is 24.3 Å². The van der Waals surface area contributed by atoms with Gasteiger partial charge in [0.1, 0.15) is 11.2 Å². The molecule has 0 saturated heterocycles. The van der Waals surface area contributed by atoms with Crippen molar-refractivity contribution >= 4 is 34.8 Å². The van der Waals surface area contributed by atoms with Crippen LogP contribution in [0, 0.1) is 5.41 Å². The smallest absolute Gasteiger partial charge is 0.255 e. The normalized spacial score (nSPS) is 14.4. The summed E-state index contributed by atoms with van der Waals surface area (Å²) in [6.07, 6.45) is 4.23. The Morgan fingerprint density at radius 3 is 2.29 bits per heavy atom. The second kappa shape index (κ2) is 12.4. The Labute approximate surface area is 242 Å². The predicted octanol–water partition coefficient (Wildman–Crippen LogP) is 4.61. The first-order valence-electron chi connectivity index (χ1n) is 13.9. The molecule has 1 aromatic heterocycles. The second-order valence-corrected chi connectivity index (χ2v) is 10.8. The number of hydrogen-bond donors (Lipinski definition) is 0. The molecule has 41 heavy (non-hydrogen) atoms. The molecule has 216 valence electrons. The van der Waals surface area contributed by atoms with Crippen LogP contribution in [0.15, 0.2) is 67.0 Å². The Morgan fingerprint density at radius 1 is 0.951 bits per heavy atom. The summed E-state index contributed by atoms with van der Waals surface area (Å²) in [6, 6.07) is 17.1. The summed E-state index contributed by atoms with van der Waals surface area (Å²) >= 11 is 0. The second-order valence-electron chi connectivity index (χ2n) is 10.8. The highest BCUT2D eigenvalue weighted by molar-refractivity contribution is 6.19. The molecule has 0 N–H and O–H groups in total. The molecule has 1 aliphatic rings. The molecule has 0 fully saturated rings. The average molecular weight is 558 g/mol. The molecule has 2 heterocycles. The largest absolute Gasteiger partial charge is 0.493 e. The lowest BCUT2D eigenvalue weighted by Gasteiger charge is -2.28. The van der Waals surface area contributed by atoms with E-state index in [1.165, 1.54) is 9.80 Å². The first-order chi connectivity index (χ1) is 19.6. The maximum atomic E-state index is 13.2. The van der Waals surface area contributed by atoms with Gasteiger partial charge in [0, 0.05) is 64.9 Å². The third kappa shape index (κ3) is 6.19. The standard InChI is InChI=1S/C32H39N5O4/c1-7-34(4)29(38)25-11-8-9-12-26(25)37(22-23-15-17-33-18-16-23)19-10-20-41-24-13-14-27-28(21-24)36(6)31(40)32(2,3)30(39)35(27)5/h8-9,11-18,21H,7,10,19-20,22H2,1-6H3. The molecule has 0 atom stereocenters. The third-order valence-electron chi connectivity index (χ3n) is 7.61. The monoisotopic (exact) mass is 557 g/mol. The van der Waals surface area contributed by atoms with Crippen LogP contribution in [0.25, 0.3) is 0 Å². The molecule has 0 spiro atoms. The molecule has 0 aliphatic carbocycles. The summed E-state index contributed by atoms with van der Waals surface area (Å²) < 4.78 is 6.13. The molecule has 9 nitrogen and oxygen atoms in total. The number of hydrogen-bond acceptors (Lipinski definition) is 6. The SMILES string of the molecule is CCN(C)C(=O)c1ccccc1N(CCCOc1ccc2c(c1)N(C)C(=O)C(C)(C)C(=O)N2C)Cc1ccncc1. The van der Waals surface area contributed by atoms with Gasteiger partial charge in [-0.1, -0.05) is 12.1 Å². The zero-order valence-electron chi connectivity index (χ0n) is 24.8. The molecule has 4 rings (SSSR count).